The van der Waals surface area contributed by atoms with Crippen LogP contribution in [0, 0.1) is 5.92 Å². The average Bonchev–Trinajstić information content (AvgIpc) is 2.90. The van der Waals surface area contributed by atoms with E-state index < -0.39 is 0 Å². The number of aromatic nitrogens is 2. The number of rotatable bonds is 3. The van der Waals surface area contributed by atoms with E-state index in [9.17, 15) is 4.79 Å². The number of amides is 1. The van der Waals surface area contributed by atoms with Crippen molar-refractivity contribution in [3.63, 3.8) is 0 Å². The summed E-state index contributed by atoms with van der Waals surface area (Å²) in [6.07, 6.45) is 4.76. The number of hydrogen-bond donors (Lipinski definition) is 0. The molecule has 0 saturated carbocycles. The Morgan fingerprint density at radius 2 is 2.24 bits per heavy atom. The molecule has 0 N–H and O–H groups in total. The van der Waals surface area contributed by atoms with Crippen LogP contribution < -0.4 is 0 Å². The lowest BCUT2D eigenvalue weighted by Gasteiger charge is -2.33. The molecule has 0 aliphatic carbocycles. The lowest BCUT2D eigenvalue weighted by Crippen LogP contribution is -2.45. The highest BCUT2D eigenvalue weighted by molar-refractivity contribution is 7.99. The molecule has 0 bridgehead atoms. The zero-order valence-corrected chi connectivity index (χ0v) is 13.3. The second-order valence-electron chi connectivity index (χ2n) is 5.80. The zero-order chi connectivity index (χ0) is 14.7. The molecular formula is C15H23N3O2S. The maximum absolute atomic E-state index is 13.0. The third kappa shape index (κ3) is 3.26. The molecular weight excluding hydrogens is 286 g/mol. The number of methoxy groups -OCH3 is 1. The number of thioether (sulfide) groups is 1. The number of aryl methyl sites for hydroxylation is 1. The molecule has 2 aliphatic heterocycles. The fourth-order valence-corrected chi connectivity index (χ4v) is 4.34. The summed E-state index contributed by atoms with van der Waals surface area (Å²) >= 11 is 1.96. The molecule has 0 spiro atoms. The van der Waals surface area contributed by atoms with Crippen LogP contribution in [0.5, 0.6) is 0 Å². The Bertz CT molecular complexity index is 485. The molecule has 1 aromatic rings. The fourth-order valence-electron chi connectivity index (χ4n) is 3.23. The van der Waals surface area contributed by atoms with Crippen LogP contribution >= 0.6 is 11.8 Å². The van der Waals surface area contributed by atoms with Crippen molar-refractivity contribution in [2.24, 2.45) is 5.92 Å². The summed E-state index contributed by atoms with van der Waals surface area (Å²) < 4.78 is 7.37. The third-order valence-corrected chi connectivity index (χ3v) is 5.51. The Labute approximate surface area is 130 Å². The van der Waals surface area contributed by atoms with Crippen LogP contribution in [0.3, 0.4) is 0 Å². The highest BCUT2D eigenvalue weighted by Gasteiger charge is 2.33. The monoisotopic (exact) mass is 309 g/mol. The van der Waals surface area contributed by atoms with Crippen molar-refractivity contribution in [3.8, 4) is 0 Å². The quantitative estimate of drug-likeness (QED) is 0.854. The van der Waals surface area contributed by atoms with Gasteiger partial charge in [-0.15, -0.1) is 0 Å². The molecule has 1 fully saturated rings. The van der Waals surface area contributed by atoms with Crippen LogP contribution in [0.15, 0.2) is 12.3 Å². The Hall–Kier alpha value is -1.01. The highest BCUT2D eigenvalue weighted by Crippen LogP contribution is 2.27. The van der Waals surface area contributed by atoms with Gasteiger partial charge in [0.1, 0.15) is 0 Å². The van der Waals surface area contributed by atoms with Gasteiger partial charge in [-0.1, -0.05) is 0 Å². The molecule has 0 radical (unpaired) electrons. The van der Waals surface area contributed by atoms with E-state index in [0.717, 1.165) is 43.0 Å². The van der Waals surface area contributed by atoms with Crippen molar-refractivity contribution in [1.82, 2.24) is 14.7 Å². The number of fused-ring (bicyclic) bond motifs is 1. The first-order chi connectivity index (χ1) is 10.3. The number of ether oxygens (including phenoxy) is 1. The minimum atomic E-state index is 0.166. The first kappa shape index (κ1) is 14.9. The molecule has 6 heteroatoms. The minimum Gasteiger partial charge on any atom is -0.383 e. The molecule has 5 nitrogen and oxygen atoms in total. The van der Waals surface area contributed by atoms with Gasteiger partial charge in [0.05, 0.1) is 24.9 Å². The molecule has 1 aromatic heterocycles. The van der Waals surface area contributed by atoms with E-state index in [1.54, 1.807) is 7.11 Å². The van der Waals surface area contributed by atoms with Crippen LogP contribution in [-0.4, -0.2) is 51.9 Å². The van der Waals surface area contributed by atoms with E-state index in [1.807, 2.05) is 33.6 Å². The summed E-state index contributed by atoms with van der Waals surface area (Å²) in [5.41, 5.74) is 1.13. The largest absolute Gasteiger partial charge is 0.383 e. The van der Waals surface area contributed by atoms with Crippen LogP contribution in [0.4, 0.5) is 0 Å². The van der Waals surface area contributed by atoms with Gasteiger partial charge in [-0.2, -0.15) is 16.9 Å². The van der Waals surface area contributed by atoms with E-state index in [1.165, 1.54) is 0 Å². The molecule has 21 heavy (non-hydrogen) atoms. The van der Waals surface area contributed by atoms with Gasteiger partial charge >= 0.3 is 0 Å². The van der Waals surface area contributed by atoms with Gasteiger partial charge in [-0.05, 0) is 36.8 Å². The molecule has 3 rings (SSSR count). The van der Waals surface area contributed by atoms with Crippen molar-refractivity contribution in [2.45, 2.75) is 38.4 Å². The number of carbonyl (C=O) groups excluding carboxylic acids is 1. The van der Waals surface area contributed by atoms with Gasteiger partial charge in [0.15, 0.2) is 0 Å². The molecule has 0 aromatic carbocycles. The van der Waals surface area contributed by atoms with Crippen LogP contribution in [0.2, 0.25) is 0 Å². The van der Waals surface area contributed by atoms with Crippen molar-refractivity contribution in [1.29, 1.82) is 0 Å². The average molecular weight is 309 g/mol. The van der Waals surface area contributed by atoms with E-state index in [2.05, 4.69) is 5.10 Å². The first-order valence-corrected chi connectivity index (χ1v) is 8.83. The van der Waals surface area contributed by atoms with Crippen LogP contribution in [0.1, 0.15) is 25.0 Å². The van der Waals surface area contributed by atoms with Gasteiger partial charge in [0, 0.05) is 25.8 Å². The van der Waals surface area contributed by atoms with Crippen molar-refractivity contribution in [3.05, 3.63) is 18.0 Å². The molecule has 116 valence electrons. The summed E-state index contributed by atoms with van der Waals surface area (Å²) in [5.74, 6) is 2.72. The zero-order valence-electron chi connectivity index (χ0n) is 12.5. The Balaban J connectivity index is 1.78. The van der Waals surface area contributed by atoms with E-state index in [0.29, 0.717) is 19.1 Å². The Morgan fingerprint density at radius 1 is 1.43 bits per heavy atom. The molecule has 1 amide bonds. The molecule has 2 aliphatic rings. The molecule has 0 unspecified atom stereocenters. The number of carbonyl (C=O) groups is 1. The minimum absolute atomic E-state index is 0.166. The standard InChI is InChI=1S/C15H23N3O2S/c1-20-11-14-3-7-18-13(2-6-16-18)10-17(14)15(19)12-4-8-21-9-5-12/h2,6,12,14H,3-5,7-11H2,1H3/t14-/m0/s1. The van der Waals surface area contributed by atoms with Gasteiger partial charge in [0.2, 0.25) is 5.91 Å². The van der Waals surface area contributed by atoms with E-state index >= 15 is 0 Å². The molecule has 3 heterocycles. The fraction of sp³-hybridized carbons (Fsp3) is 0.733. The second kappa shape index (κ2) is 6.83. The lowest BCUT2D eigenvalue weighted by atomic mass is 9.99. The van der Waals surface area contributed by atoms with Gasteiger partial charge < -0.3 is 9.64 Å². The van der Waals surface area contributed by atoms with Crippen LogP contribution in [0.25, 0.3) is 0 Å². The van der Waals surface area contributed by atoms with E-state index in [4.69, 9.17) is 4.74 Å². The first-order valence-electron chi connectivity index (χ1n) is 7.67. The van der Waals surface area contributed by atoms with Gasteiger partial charge in [-0.25, -0.2) is 0 Å². The molecule has 1 atom stereocenters. The second-order valence-corrected chi connectivity index (χ2v) is 7.02. The van der Waals surface area contributed by atoms with Gasteiger partial charge in [-0.3, -0.25) is 9.48 Å². The van der Waals surface area contributed by atoms with Crippen molar-refractivity contribution < 1.29 is 9.53 Å². The summed E-state index contributed by atoms with van der Waals surface area (Å²) in [7, 11) is 1.71. The van der Waals surface area contributed by atoms with Crippen molar-refractivity contribution in [2.75, 3.05) is 25.2 Å². The maximum Gasteiger partial charge on any atom is 0.226 e. The maximum atomic E-state index is 13.0. The Kier molecular flexibility index (Phi) is 4.85. The SMILES string of the molecule is COC[C@@H]1CCn2nccc2CN1C(=O)C1CCSCC1. The normalized spacial score (nSPS) is 23.7. The Morgan fingerprint density at radius 3 is 3.00 bits per heavy atom. The number of hydrogen-bond acceptors (Lipinski definition) is 4. The third-order valence-electron chi connectivity index (χ3n) is 4.46. The summed E-state index contributed by atoms with van der Waals surface area (Å²) in [5, 5.41) is 4.35. The van der Waals surface area contributed by atoms with Crippen LogP contribution in [-0.2, 0) is 22.6 Å². The smallest absolute Gasteiger partial charge is 0.226 e. The predicted octanol–water partition coefficient (Wildman–Crippen LogP) is 1.77. The topological polar surface area (TPSA) is 47.4 Å². The predicted molar refractivity (Wildman–Crippen MR) is 83.1 cm³/mol. The summed E-state index contributed by atoms with van der Waals surface area (Å²) in [6, 6.07) is 2.19. The molecule has 1 saturated heterocycles. The van der Waals surface area contributed by atoms with Gasteiger partial charge in [0.25, 0.3) is 0 Å². The van der Waals surface area contributed by atoms with Crippen molar-refractivity contribution >= 4 is 17.7 Å². The number of nitrogens with zero attached hydrogens (tertiary/aromatic N) is 3. The van der Waals surface area contributed by atoms with E-state index in [-0.39, 0.29) is 12.0 Å². The lowest BCUT2D eigenvalue weighted by molar-refractivity contribution is -0.140. The highest BCUT2D eigenvalue weighted by atomic mass is 32.2. The summed E-state index contributed by atoms with van der Waals surface area (Å²) in [6.45, 7) is 2.13. The summed E-state index contributed by atoms with van der Waals surface area (Å²) in [4.78, 5) is 15.0.